The molecule has 0 bridgehead atoms. The highest BCUT2D eigenvalue weighted by Crippen LogP contribution is 2.24. The first-order valence-corrected chi connectivity index (χ1v) is 7.67. The highest BCUT2D eigenvalue weighted by Gasteiger charge is 2.20. The lowest BCUT2D eigenvalue weighted by Crippen LogP contribution is -2.40. The maximum atomic E-state index is 5.60. The van der Waals surface area contributed by atoms with Gasteiger partial charge in [0.2, 0.25) is 0 Å². The molecule has 3 heteroatoms. The van der Waals surface area contributed by atoms with E-state index in [4.69, 9.17) is 4.74 Å². The van der Waals surface area contributed by atoms with E-state index in [9.17, 15) is 0 Å². The van der Waals surface area contributed by atoms with Gasteiger partial charge in [0.25, 0.3) is 0 Å². The third kappa shape index (κ3) is 6.12. The molecule has 1 N–H and O–H groups in total. The summed E-state index contributed by atoms with van der Waals surface area (Å²) in [4.78, 5) is 0. The van der Waals surface area contributed by atoms with Crippen molar-refractivity contribution in [1.29, 1.82) is 0 Å². The van der Waals surface area contributed by atoms with E-state index < -0.39 is 0 Å². The number of hydrogen-bond acceptors (Lipinski definition) is 3. The summed E-state index contributed by atoms with van der Waals surface area (Å²) in [5, 5.41) is 4.38. The first-order chi connectivity index (χ1) is 7.70. The Bertz CT molecular complexity index is 175. The van der Waals surface area contributed by atoms with Gasteiger partial charge in [-0.2, -0.15) is 11.8 Å². The zero-order valence-electron chi connectivity index (χ0n) is 11.0. The van der Waals surface area contributed by atoms with E-state index in [2.05, 4.69) is 37.8 Å². The minimum Gasteiger partial charge on any atom is -0.380 e. The van der Waals surface area contributed by atoms with Gasteiger partial charge in [-0.15, -0.1) is 0 Å². The molecule has 16 heavy (non-hydrogen) atoms. The molecule has 0 aromatic carbocycles. The van der Waals surface area contributed by atoms with Gasteiger partial charge in [-0.25, -0.2) is 0 Å². The van der Waals surface area contributed by atoms with Crippen molar-refractivity contribution in [2.24, 2.45) is 5.92 Å². The van der Waals surface area contributed by atoms with E-state index in [0.29, 0.717) is 6.04 Å². The van der Waals surface area contributed by atoms with Crippen LogP contribution in [0, 0.1) is 5.92 Å². The number of thioether (sulfide) groups is 1. The fraction of sp³-hybridized carbons (Fsp3) is 1.00. The first-order valence-electron chi connectivity index (χ1n) is 6.63. The Morgan fingerprint density at radius 3 is 2.88 bits per heavy atom. The van der Waals surface area contributed by atoms with Crippen LogP contribution in [0.2, 0.25) is 0 Å². The van der Waals surface area contributed by atoms with Crippen molar-refractivity contribution in [3.05, 3.63) is 0 Å². The van der Waals surface area contributed by atoms with Gasteiger partial charge in [-0.05, 0) is 30.9 Å². The van der Waals surface area contributed by atoms with Crippen molar-refractivity contribution >= 4 is 11.8 Å². The molecular weight excluding hydrogens is 218 g/mol. The molecule has 0 amide bonds. The van der Waals surface area contributed by atoms with Gasteiger partial charge in [-0.3, -0.25) is 0 Å². The van der Waals surface area contributed by atoms with Crippen molar-refractivity contribution in [1.82, 2.24) is 5.32 Å². The maximum absolute atomic E-state index is 5.60. The summed E-state index contributed by atoms with van der Waals surface area (Å²) in [5.74, 6) is 2.09. The zero-order valence-corrected chi connectivity index (χ0v) is 11.8. The molecular formula is C13H27NOS. The summed E-state index contributed by atoms with van der Waals surface area (Å²) in [7, 11) is 0. The average Bonchev–Trinajstić information content (AvgIpc) is 2.25. The quantitative estimate of drug-likeness (QED) is 0.697. The normalized spacial score (nSPS) is 26.2. The number of nitrogens with one attached hydrogen (secondary N) is 1. The van der Waals surface area contributed by atoms with Crippen LogP contribution >= 0.6 is 11.8 Å². The van der Waals surface area contributed by atoms with Gasteiger partial charge >= 0.3 is 0 Å². The van der Waals surface area contributed by atoms with Gasteiger partial charge in [0.15, 0.2) is 0 Å². The first kappa shape index (κ1) is 14.3. The van der Waals surface area contributed by atoms with Crippen molar-refractivity contribution in [2.75, 3.05) is 25.5 Å². The molecule has 1 aliphatic heterocycles. The lowest BCUT2D eigenvalue weighted by molar-refractivity contribution is 0.123. The molecule has 0 aromatic rings. The Hall–Kier alpha value is 0.270. The summed E-state index contributed by atoms with van der Waals surface area (Å²) < 4.78 is 5.60. The van der Waals surface area contributed by atoms with Gasteiger partial charge in [0.1, 0.15) is 0 Å². The van der Waals surface area contributed by atoms with Crippen LogP contribution in [-0.4, -0.2) is 36.8 Å². The SMILES string of the molecule is CC(C)CCOCCNC1CCCSC1C. The highest BCUT2D eigenvalue weighted by molar-refractivity contribution is 7.99. The number of rotatable bonds is 7. The molecule has 0 aromatic heterocycles. The minimum absolute atomic E-state index is 0.701. The summed E-state index contributed by atoms with van der Waals surface area (Å²) in [5.41, 5.74) is 0. The molecule has 1 heterocycles. The molecule has 0 saturated carbocycles. The van der Waals surface area contributed by atoms with Gasteiger partial charge in [0, 0.05) is 24.4 Å². The summed E-state index contributed by atoms with van der Waals surface area (Å²) >= 11 is 2.10. The van der Waals surface area contributed by atoms with Crippen LogP contribution in [0.4, 0.5) is 0 Å². The third-order valence-electron chi connectivity index (χ3n) is 3.10. The highest BCUT2D eigenvalue weighted by atomic mass is 32.2. The standard InChI is InChI=1S/C13H27NOS/c1-11(2)6-8-15-9-7-14-13-5-4-10-16-12(13)3/h11-14H,4-10H2,1-3H3. The van der Waals surface area contributed by atoms with Crippen LogP contribution in [0.3, 0.4) is 0 Å². The Labute approximate surface area is 105 Å². The fourth-order valence-electron chi connectivity index (χ4n) is 1.93. The van der Waals surface area contributed by atoms with Crippen molar-refractivity contribution in [2.45, 2.75) is 51.3 Å². The molecule has 1 saturated heterocycles. The van der Waals surface area contributed by atoms with Gasteiger partial charge in [-0.1, -0.05) is 20.8 Å². The molecule has 1 rings (SSSR count). The molecule has 1 aliphatic rings. The van der Waals surface area contributed by atoms with Gasteiger partial charge < -0.3 is 10.1 Å². The van der Waals surface area contributed by atoms with E-state index in [-0.39, 0.29) is 0 Å². The van der Waals surface area contributed by atoms with Crippen LogP contribution in [0.15, 0.2) is 0 Å². The second-order valence-electron chi connectivity index (χ2n) is 5.07. The summed E-state index contributed by atoms with van der Waals surface area (Å²) in [6.45, 7) is 9.59. The smallest absolute Gasteiger partial charge is 0.0591 e. The zero-order chi connectivity index (χ0) is 11.8. The average molecular weight is 245 g/mol. The van der Waals surface area contributed by atoms with E-state index in [1.165, 1.54) is 25.0 Å². The molecule has 1 fully saturated rings. The lowest BCUT2D eigenvalue weighted by Gasteiger charge is -2.29. The Balaban J connectivity index is 1.94. The van der Waals surface area contributed by atoms with Crippen LogP contribution in [-0.2, 0) is 4.74 Å². The van der Waals surface area contributed by atoms with Crippen molar-refractivity contribution in [3.63, 3.8) is 0 Å². The monoisotopic (exact) mass is 245 g/mol. The van der Waals surface area contributed by atoms with E-state index in [0.717, 1.165) is 30.9 Å². The second-order valence-corrected chi connectivity index (χ2v) is 6.56. The molecule has 0 radical (unpaired) electrons. The number of ether oxygens (including phenoxy) is 1. The van der Waals surface area contributed by atoms with Crippen LogP contribution in [0.1, 0.15) is 40.0 Å². The summed E-state index contributed by atoms with van der Waals surface area (Å²) in [6.07, 6.45) is 3.87. The predicted octanol–water partition coefficient (Wildman–Crippen LogP) is 2.92. The van der Waals surface area contributed by atoms with E-state index in [1.54, 1.807) is 0 Å². The summed E-state index contributed by atoms with van der Waals surface area (Å²) in [6, 6.07) is 0.701. The van der Waals surface area contributed by atoms with Crippen molar-refractivity contribution in [3.8, 4) is 0 Å². The third-order valence-corrected chi connectivity index (χ3v) is 4.48. The Kier molecular flexibility index (Phi) is 7.50. The maximum Gasteiger partial charge on any atom is 0.0591 e. The van der Waals surface area contributed by atoms with Crippen LogP contribution in [0.25, 0.3) is 0 Å². The van der Waals surface area contributed by atoms with Crippen molar-refractivity contribution < 1.29 is 4.74 Å². The lowest BCUT2D eigenvalue weighted by atomic mass is 10.1. The minimum atomic E-state index is 0.701. The Morgan fingerprint density at radius 2 is 2.19 bits per heavy atom. The molecule has 0 spiro atoms. The molecule has 0 aliphatic carbocycles. The molecule has 2 unspecified atom stereocenters. The Morgan fingerprint density at radius 1 is 1.38 bits per heavy atom. The second kappa shape index (κ2) is 8.37. The van der Waals surface area contributed by atoms with E-state index >= 15 is 0 Å². The van der Waals surface area contributed by atoms with Crippen LogP contribution < -0.4 is 5.32 Å². The molecule has 2 nitrogen and oxygen atoms in total. The van der Waals surface area contributed by atoms with Crippen LogP contribution in [0.5, 0.6) is 0 Å². The van der Waals surface area contributed by atoms with Gasteiger partial charge in [0.05, 0.1) is 6.61 Å². The predicted molar refractivity (Wildman–Crippen MR) is 73.2 cm³/mol. The van der Waals surface area contributed by atoms with E-state index in [1.807, 2.05) is 0 Å². The fourth-order valence-corrected chi connectivity index (χ4v) is 3.10. The largest absolute Gasteiger partial charge is 0.380 e. The molecule has 2 atom stereocenters. The molecule has 96 valence electrons. The topological polar surface area (TPSA) is 21.3 Å². The number of hydrogen-bond donors (Lipinski definition) is 1.